The summed E-state index contributed by atoms with van der Waals surface area (Å²) in [5.74, 6) is -1.51. The molecule has 2 amide bonds. The van der Waals surface area contributed by atoms with E-state index in [9.17, 15) is 9.59 Å². The summed E-state index contributed by atoms with van der Waals surface area (Å²) < 4.78 is 0. The summed E-state index contributed by atoms with van der Waals surface area (Å²) in [5.41, 5.74) is 7.28. The molecule has 108 valence electrons. The van der Waals surface area contributed by atoms with E-state index >= 15 is 0 Å². The molecule has 0 bridgehead atoms. The monoisotopic (exact) mass is 303 g/mol. The lowest BCUT2D eigenvalue weighted by Crippen LogP contribution is -2.35. The minimum Gasteiger partial charge on any atom is -0.399 e. The first kappa shape index (κ1) is 14.9. The van der Waals surface area contributed by atoms with Gasteiger partial charge in [-0.15, -0.1) is 0 Å². The summed E-state index contributed by atoms with van der Waals surface area (Å²) in [7, 11) is 0. The van der Waals surface area contributed by atoms with Crippen LogP contribution in [0.25, 0.3) is 0 Å². The van der Waals surface area contributed by atoms with Crippen molar-refractivity contribution in [2.24, 2.45) is 0 Å². The Labute approximate surface area is 127 Å². The number of amides is 2. The largest absolute Gasteiger partial charge is 0.399 e. The van der Waals surface area contributed by atoms with Gasteiger partial charge in [0.15, 0.2) is 0 Å². The number of hydrogen-bond donors (Lipinski definition) is 3. The van der Waals surface area contributed by atoms with Gasteiger partial charge in [0.1, 0.15) is 0 Å². The van der Waals surface area contributed by atoms with Crippen LogP contribution in [0.5, 0.6) is 0 Å². The maximum Gasteiger partial charge on any atom is 0.313 e. The molecule has 0 fully saturated rings. The number of nitrogens with two attached hydrogens (primary N) is 1. The third-order valence-electron chi connectivity index (χ3n) is 2.74. The molecule has 6 heteroatoms. The molecule has 0 aliphatic carbocycles. The predicted molar refractivity (Wildman–Crippen MR) is 82.8 cm³/mol. The Morgan fingerprint density at radius 3 is 2.43 bits per heavy atom. The van der Waals surface area contributed by atoms with Crippen LogP contribution >= 0.6 is 11.6 Å². The number of hydrogen-bond acceptors (Lipinski definition) is 3. The van der Waals surface area contributed by atoms with Crippen LogP contribution in [0.4, 0.5) is 11.4 Å². The van der Waals surface area contributed by atoms with E-state index in [1.165, 1.54) is 6.07 Å². The maximum absolute atomic E-state index is 11.8. The number of halogens is 1. The number of carbonyl (C=O) groups is 2. The molecule has 0 radical (unpaired) electrons. The van der Waals surface area contributed by atoms with Crippen molar-refractivity contribution in [2.75, 3.05) is 11.1 Å². The van der Waals surface area contributed by atoms with Gasteiger partial charge in [0.05, 0.1) is 10.7 Å². The van der Waals surface area contributed by atoms with Crippen LogP contribution in [0.3, 0.4) is 0 Å². The van der Waals surface area contributed by atoms with E-state index in [0.29, 0.717) is 11.4 Å². The number of nitrogen functional groups attached to an aromatic ring is 1. The van der Waals surface area contributed by atoms with Gasteiger partial charge in [-0.25, -0.2) is 0 Å². The van der Waals surface area contributed by atoms with E-state index in [1.807, 2.05) is 30.3 Å². The fourth-order valence-corrected chi connectivity index (χ4v) is 1.91. The van der Waals surface area contributed by atoms with Gasteiger partial charge in [-0.2, -0.15) is 0 Å². The Balaban J connectivity index is 1.92. The van der Waals surface area contributed by atoms with E-state index in [0.717, 1.165) is 5.56 Å². The molecule has 0 saturated carbocycles. The Morgan fingerprint density at radius 2 is 1.76 bits per heavy atom. The Morgan fingerprint density at radius 1 is 1.05 bits per heavy atom. The maximum atomic E-state index is 11.8. The van der Waals surface area contributed by atoms with Gasteiger partial charge >= 0.3 is 11.8 Å². The van der Waals surface area contributed by atoms with Crippen molar-refractivity contribution in [1.82, 2.24) is 5.32 Å². The highest BCUT2D eigenvalue weighted by atomic mass is 35.5. The first-order chi connectivity index (χ1) is 10.1. The second kappa shape index (κ2) is 6.76. The highest BCUT2D eigenvalue weighted by Crippen LogP contribution is 2.23. The zero-order valence-corrected chi connectivity index (χ0v) is 11.9. The van der Waals surface area contributed by atoms with Crippen molar-refractivity contribution < 1.29 is 9.59 Å². The van der Waals surface area contributed by atoms with Gasteiger partial charge in [-0.3, -0.25) is 9.59 Å². The molecule has 5 nitrogen and oxygen atoms in total. The smallest absolute Gasteiger partial charge is 0.313 e. The lowest BCUT2D eigenvalue weighted by atomic mass is 10.2. The standard InChI is InChI=1S/C15H14ClN3O2/c16-12-8-11(17)6-7-13(12)19-15(21)14(20)18-9-10-4-2-1-3-5-10/h1-8H,9,17H2,(H,18,20)(H,19,21). The van der Waals surface area contributed by atoms with E-state index in [2.05, 4.69) is 10.6 Å². The number of benzene rings is 2. The second-order valence-corrected chi connectivity index (χ2v) is 4.77. The quantitative estimate of drug-likeness (QED) is 0.600. The van der Waals surface area contributed by atoms with Crippen LogP contribution in [0.1, 0.15) is 5.56 Å². The van der Waals surface area contributed by atoms with Gasteiger partial charge in [0.2, 0.25) is 0 Å². The van der Waals surface area contributed by atoms with E-state index < -0.39 is 11.8 Å². The van der Waals surface area contributed by atoms with Gasteiger partial charge in [0, 0.05) is 12.2 Å². The van der Waals surface area contributed by atoms with Crippen molar-refractivity contribution in [1.29, 1.82) is 0 Å². The van der Waals surface area contributed by atoms with Crippen LogP contribution in [-0.4, -0.2) is 11.8 Å². The van der Waals surface area contributed by atoms with Gasteiger partial charge in [-0.05, 0) is 23.8 Å². The first-order valence-corrected chi connectivity index (χ1v) is 6.62. The molecule has 2 aromatic rings. The molecule has 0 spiro atoms. The van der Waals surface area contributed by atoms with Gasteiger partial charge in [-0.1, -0.05) is 41.9 Å². The third-order valence-corrected chi connectivity index (χ3v) is 3.06. The molecule has 0 saturated heterocycles. The number of rotatable bonds is 3. The highest BCUT2D eigenvalue weighted by molar-refractivity contribution is 6.41. The van der Waals surface area contributed by atoms with Crippen LogP contribution < -0.4 is 16.4 Å². The number of carbonyl (C=O) groups excluding carboxylic acids is 2. The Bertz CT molecular complexity index is 659. The highest BCUT2D eigenvalue weighted by Gasteiger charge is 2.14. The summed E-state index contributed by atoms with van der Waals surface area (Å²) >= 11 is 5.92. The zero-order chi connectivity index (χ0) is 15.2. The van der Waals surface area contributed by atoms with E-state index in [-0.39, 0.29) is 11.6 Å². The fraction of sp³-hybridized carbons (Fsp3) is 0.0667. The first-order valence-electron chi connectivity index (χ1n) is 6.24. The molecule has 21 heavy (non-hydrogen) atoms. The zero-order valence-electron chi connectivity index (χ0n) is 11.1. The minimum absolute atomic E-state index is 0.277. The van der Waals surface area contributed by atoms with Crippen LogP contribution in [0.2, 0.25) is 5.02 Å². The second-order valence-electron chi connectivity index (χ2n) is 4.36. The van der Waals surface area contributed by atoms with Gasteiger partial charge < -0.3 is 16.4 Å². The normalized spacial score (nSPS) is 9.95. The Hall–Kier alpha value is -2.53. The molecule has 0 heterocycles. The Kier molecular flexibility index (Phi) is 4.79. The molecule has 0 aromatic heterocycles. The molecule has 2 aromatic carbocycles. The molecule has 0 aliphatic rings. The van der Waals surface area contributed by atoms with Crippen LogP contribution in [0, 0.1) is 0 Å². The number of nitrogens with one attached hydrogen (secondary N) is 2. The van der Waals surface area contributed by atoms with Crippen molar-refractivity contribution in [2.45, 2.75) is 6.54 Å². The topological polar surface area (TPSA) is 84.2 Å². The summed E-state index contributed by atoms with van der Waals surface area (Å²) in [4.78, 5) is 23.5. The van der Waals surface area contributed by atoms with Crippen LogP contribution in [0.15, 0.2) is 48.5 Å². The van der Waals surface area contributed by atoms with Crippen LogP contribution in [-0.2, 0) is 16.1 Å². The number of anilines is 2. The molecular weight excluding hydrogens is 290 g/mol. The van der Waals surface area contributed by atoms with Crippen molar-refractivity contribution in [3.63, 3.8) is 0 Å². The average molecular weight is 304 g/mol. The molecule has 0 atom stereocenters. The average Bonchev–Trinajstić information content (AvgIpc) is 2.48. The molecule has 4 N–H and O–H groups in total. The third kappa shape index (κ3) is 4.22. The SMILES string of the molecule is Nc1ccc(NC(=O)C(=O)NCc2ccccc2)c(Cl)c1. The molecule has 2 rings (SSSR count). The summed E-state index contributed by atoms with van der Waals surface area (Å²) in [5, 5.41) is 5.24. The summed E-state index contributed by atoms with van der Waals surface area (Å²) in [6.07, 6.45) is 0. The molecular formula is C15H14ClN3O2. The lowest BCUT2D eigenvalue weighted by molar-refractivity contribution is -0.136. The predicted octanol–water partition coefficient (Wildman–Crippen LogP) is 2.18. The van der Waals surface area contributed by atoms with Gasteiger partial charge in [0.25, 0.3) is 0 Å². The van der Waals surface area contributed by atoms with E-state index in [1.54, 1.807) is 12.1 Å². The molecule has 0 aliphatic heterocycles. The summed E-state index contributed by atoms with van der Waals surface area (Å²) in [6, 6.07) is 13.9. The molecule has 0 unspecified atom stereocenters. The summed E-state index contributed by atoms with van der Waals surface area (Å²) in [6.45, 7) is 0.280. The van der Waals surface area contributed by atoms with Crippen molar-refractivity contribution in [3.05, 3.63) is 59.1 Å². The fourth-order valence-electron chi connectivity index (χ4n) is 1.67. The van der Waals surface area contributed by atoms with Crippen molar-refractivity contribution >= 4 is 34.8 Å². The minimum atomic E-state index is -0.780. The lowest BCUT2D eigenvalue weighted by Gasteiger charge is -2.08. The van der Waals surface area contributed by atoms with E-state index in [4.69, 9.17) is 17.3 Å². The van der Waals surface area contributed by atoms with Crippen molar-refractivity contribution in [3.8, 4) is 0 Å².